The van der Waals surface area contributed by atoms with Crippen molar-refractivity contribution in [3.63, 3.8) is 0 Å². The fourth-order valence-corrected chi connectivity index (χ4v) is 3.83. The highest BCUT2D eigenvalue weighted by molar-refractivity contribution is 7.71. The van der Waals surface area contributed by atoms with E-state index in [2.05, 4.69) is 20.5 Å². The van der Waals surface area contributed by atoms with Crippen molar-refractivity contribution in [1.82, 2.24) is 29.5 Å². The number of hydrogen-bond donors (Lipinski definition) is 2. The third-order valence-electron chi connectivity index (χ3n) is 3.99. The van der Waals surface area contributed by atoms with Crippen molar-refractivity contribution in [3.8, 4) is 10.7 Å². The number of nitrogens with zero attached hydrogens (tertiary/aromatic N) is 4. The Morgan fingerprint density at radius 1 is 1.33 bits per heavy atom. The van der Waals surface area contributed by atoms with Gasteiger partial charge in [-0.1, -0.05) is 17.7 Å². The Morgan fingerprint density at radius 3 is 3.04 bits per heavy atom. The molecule has 0 fully saturated rings. The number of hydrogen-bond acceptors (Lipinski definition) is 5. The lowest BCUT2D eigenvalue weighted by molar-refractivity contribution is -0.121. The van der Waals surface area contributed by atoms with E-state index in [0.29, 0.717) is 29.3 Å². The van der Waals surface area contributed by atoms with E-state index < -0.39 is 0 Å². The van der Waals surface area contributed by atoms with Gasteiger partial charge >= 0.3 is 0 Å². The van der Waals surface area contributed by atoms with Crippen molar-refractivity contribution in [1.29, 1.82) is 0 Å². The van der Waals surface area contributed by atoms with Crippen molar-refractivity contribution < 1.29 is 4.79 Å². The zero-order chi connectivity index (χ0) is 18.8. The molecule has 0 aliphatic carbocycles. The second kappa shape index (κ2) is 7.63. The minimum absolute atomic E-state index is 0.0784. The molecule has 2 N–H and O–H groups in total. The summed E-state index contributed by atoms with van der Waals surface area (Å²) in [6.45, 7) is 0.807. The molecule has 10 heteroatoms. The number of aromatic nitrogens is 5. The average molecular weight is 419 g/mol. The summed E-state index contributed by atoms with van der Waals surface area (Å²) in [5.74, 6) is 0.672. The number of imidazole rings is 1. The van der Waals surface area contributed by atoms with Gasteiger partial charge in [-0.2, -0.15) is 5.10 Å². The lowest BCUT2D eigenvalue weighted by Crippen LogP contribution is -2.24. The summed E-state index contributed by atoms with van der Waals surface area (Å²) in [5, 5.41) is 12.6. The second-order valence-corrected chi connectivity index (χ2v) is 7.62. The Balaban J connectivity index is 1.37. The summed E-state index contributed by atoms with van der Waals surface area (Å²) in [6, 6.07) is 7.55. The summed E-state index contributed by atoms with van der Waals surface area (Å²) in [4.78, 5) is 17.7. The minimum atomic E-state index is -0.0784. The van der Waals surface area contributed by atoms with E-state index in [0.717, 1.165) is 22.0 Å². The molecule has 27 heavy (non-hydrogen) atoms. The number of aromatic amines is 1. The summed E-state index contributed by atoms with van der Waals surface area (Å²) in [6.07, 6.45) is 3.93. The van der Waals surface area contributed by atoms with Gasteiger partial charge in [0, 0.05) is 25.4 Å². The van der Waals surface area contributed by atoms with Gasteiger partial charge in [-0.15, -0.1) is 11.3 Å². The molecule has 138 valence electrons. The maximum absolute atomic E-state index is 12.2. The lowest BCUT2D eigenvalue weighted by Gasteiger charge is -2.06. The van der Waals surface area contributed by atoms with E-state index in [1.54, 1.807) is 23.6 Å². The predicted octanol–water partition coefficient (Wildman–Crippen LogP) is 3.68. The van der Waals surface area contributed by atoms with Crippen LogP contribution in [0.5, 0.6) is 0 Å². The van der Waals surface area contributed by atoms with Crippen molar-refractivity contribution in [2.45, 2.75) is 19.5 Å². The predicted molar refractivity (Wildman–Crippen MR) is 107 cm³/mol. The van der Waals surface area contributed by atoms with Crippen LogP contribution >= 0.6 is 35.2 Å². The van der Waals surface area contributed by atoms with Crippen LogP contribution in [0, 0.1) is 4.77 Å². The number of thiophene rings is 1. The third kappa shape index (κ3) is 3.95. The van der Waals surface area contributed by atoms with Crippen LogP contribution in [0.1, 0.15) is 12.1 Å². The quantitative estimate of drug-likeness (QED) is 0.468. The molecule has 0 bridgehead atoms. The maximum Gasteiger partial charge on any atom is 0.222 e. The molecule has 4 aromatic rings. The van der Waals surface area contributed by atoms with Crippen molar-refractivity contribution in [2.75, 3.05) is 0 Å². The molecule has 0 aliphatic heterocycles. The fraction of sp³-hybridized carbons (Fsp3) is 0.176. The second-order valence-electron chi connectivity index (χ2n) is 5.85. The van der Waals surface area contributed by atoms with Crippen LogP contribution in [0.3, 0.4) is 0 Å². The highest BCUT2D eigenvalue weighted by Gasteiger charge is 2.12. The molecule has 0 atom stereocenters. The van der Waals surface area contributed by atoms with Gasteiger partial charge in [0.05, 0.1) is 22.1 Å². The van der Waals surface area contributed by atoms with Crippen LogP contribution in [-0.4, -0.2) is 30.1 Å². The molecule has 0 unspecified atom stereocenters. The minimum Gasteiger partial charge on any atom is -0.350 e. The SMILES string of the molecule is O=C(CCn1c(-c2cccs2)n[nH]c1=S)NCc1cn2cc(Cl)ccc2n1. The number of H-pyrrole nitrogens is 1. The molecule has 0 radical (unpaired) electrons. The first-order chi connectivity index (χ1) is 13.1. The lowest BCUT2D eigenvalue weighted by atomic mass is 10.3. The van der Waals surface area contributed by atoms with Crippen LogP contribution in [-0.2, 0) is 17.9 Å². The van der Waals surface area contributed by atoms with Crippen LogP contribution in [0.4, 0.5) is 0 Å². The molecular formula is C17H15ClN6OS2. The number of amides is 1. The molecule has 1 amide bonds. The van der Waals surface area contributed by atoms with E-state index >= 15 is 0 Å². The number of halogens is 1. The normalized spacial score (nSPS) is 11.1. The van der Waals surface area contributed by atoms with Crippen LogP contribution in [0.2, 0.25) is 5.02 Å². The van der Waals surface area contributed by atoms with E-state index in [1.807, 2.05) is 38.7 Å². The monoisotopic (exact) mass is 418 g/mol. The number of rotatable bonds is 6. The Bertz CT molecular complexity index is 1140. The van der Waals surface area contributed by atoms with Gasteiger partial charge in [-0.05, 0) is 35.8 Å². The summed E-state index contributed by atoms with van der Waals surface area (Å²) < 4.78 is 4.18. The Kier molecular flexibility index (Phi) is 5.06. The standard InChI is InChI=1S/C17H15ClN6OS2/c18-11-3-4-14-20-12(10-23(14)9-11)8-19-15(25)5-6-24-16(21-22-17(24)26)13-2-1-7-27-13/h1-4,7,9-10H,5-6,8H2,(H,19,25)(H,22,26). The number of nitrogens with one attached hydrogen (secondary N) is 2. The first-order valence-corrected chi connectivity index (χ1v) is 9.85. The number of carbonyl (C=O) groups excluding carboxylic acids is 1. The molecule has 0 saturated carbocycles. The topological polar surface area (TPSA) is 80.0 Å². The van der Waals surface area contributed by atoms with Crippen LogP contribution in [0.25, 0.3) is 16.3 Å². The zero-order valence-electron chi connectivity index (χ0n) is 14.1. The first-order valence-electron chi connectivity index (χ1n) is 8.19. The van der Waals surface area contributed by atoms with E-state index in [9.17, 15) is 4.79 Å². The average Bonchev–Trinajstić information content (AvgIpc) is 3.37. The van der Waals surface area contributed by atoms with E-state index in [-0.39, 0.29) is 5.91 Å². The molecule has 0 spiro atoms. The molecular weight excluding hydrogens is 404 g/mol. The summed E-state index contributed by atoms with van der Waals surface area (Å²) in [7, 11) is 0. The summed E-state index contributed by atoms with van der Waals surface area (Å²) >= 11 is 12.8. The molecule has 4 aromatic heterocycles. The van der Waals surface area contributed by atoms with Gasteiger partial charge in [0.15, 0.2) is 10.6 Å². The van der Waals surface area contributed by atoms with Crippen molar-refractivity contribution in [2.24, 2.45) is 0 Å². The number of carbonyl (C=O) groups is 1. The third-order valence-corrected chi connectivity index (χ3v) is 5.39. The Hall–Kier alpha value is -2.49. The van der Waals surface area contributed by atoms with Gasteiger partial charge in [-0.3, -0.25) is 14.5 Å². The Morgan fingerprint density at radius 2 is 2.22 bits per heavy atom. The van der Waals surface area contributed by atoms with Gasteiger partial charge in [0.1, 0.15) is 5.65 Å². The largest absolute Gasteiger partial charge is 0.350 e. The molecule has 4 heterocycles. The highest BCUT2D eigenvalue weighted by Crippen LogP contribution is 2.22. The van der Waals surface area contributed by atoms with Crippen LogP contribution < -0.4 is 5.32 Å². The first kappa shape index (κ1) is 17.9. The van der Waals surface area contributed by atoms with E-state index in [1.165, 1.54) is 0 Å². The molecule has 0 aliphatic rings. The van der Waals surface area contributed by atoms with Gasteiger partial charge < -0.3 is 9.72 Å². The molecule has 0 aromatic carbocycles. The molecule has 7 nitrogen and oxygen atoms in total. The number of pyridine rings is 1. The smallest absolute Gasteiger partial charge is 0.222 e. The number of fused-ring (bicyclic) bond motifs is 1. The maximum atomic E-state index is 12.2. The van der Waals surface area contributed by atoms with Crippen molar-refractivity contribution >= 4 is 46.7 Å². The molecule has 0 saturated heterocycles. The fourth-order valence-electron chi connectivity index (χ4n) is 2.71. The van der Waals surface area contributed by atoms with Gasteiger partial charge in [0.25, 0.3) is 0 Å². The Labute approximate surface area is 168 Å². The summed E-state index contributed by atoms with van der Waals surface area (Å²) in [5.41, 5.74) is 1.55. The van der Waals surface area contributed by atoms with Crippen molar-refractivity contribution in [3.05, 3.63) is 57.5 Å². The zero-order valence-corrected chi connectivity index (χ0v) is 16.4. The van der Waals surface area contributed by atoms with Gasteiger partial charge in [-0.25, -0.2) is 4.98 Å². The van der Waals surface area contributed by atoms with E-state index in [4.69, 9.17) is 23.8 Å². The van der Waals surface area contributed by atoms with Crippen LogP contribution in [0.15, 0.2) is 42.0 Å². The molecule has 4 rings (SSSR count). The highest BCUT2D eigenvalue weighted by atomic mass is 35.5. The van der Waals surface area contributed by atoms with Gasteiger partial charge in [0.2, 0.25) is 5.91 Å².